The Morgan fingerprint density at radius 2 is 2.06 bits per heavy atom. The number of carbonyl (C=O) groups is 2. The number of carboxylic acids is 1. The van der Waals surface area contributed by atoms with Gasteiger partial charge in [0.25, 0.3) is 5.91 Å². The monoisotopic (exact) mass is 224 g/mol. The van der Waals surface area contributed by atoms with E-state index in [0.717, 1.165) is 0 Å². The maximum absolute atomic E-state index is 11.8. The van der Waals surface area contributed by atoms with E-state index in [-0.39, 0.29) is 0 Å². The second kappa shape index (κ2) is 3.33. The summed E-state index contributed by atoms with van der Waals surface area (Å²) in [5.41, 5.74) is -0.281. The molecule has 0 aliphatic heterocycles. The van der Waals surface area contributed by atoms with Crippen molar-refractivity contribution in [1.29, 1.82) is 0 Å². The molecule has 1 fully saturated rings. The molecule has 1 aliphatic rings. The Morgan fingerprint density at radius 3 is 2.44 bits per heavy atom. The Kier molecular flexibility index (Phi) is 2.22. The fourth-order valence-electron chi connectivity index (χ4n) is 1.60. The molecule has 6 heteroatoms. The van der Waals surface area contributed by atoms with Gasteiger partial charge in [0.15, 0.2) is 0 Å². The summed E-state index contributed by atoms with van der Waals surface area (Å²) in [5, 5.41) is 15.1. The summed E-state index contributed by atoms with van der Waals surface area (Å²) in [5.74, 6) is -1.03. The molecule has 0 atom stereocenters. The van der Waals surface area contributed by atoms with Crippen molar-refractivity contribution in [3.8, 4) is 0 Å². The molecule has 0 radical (unpaired) electrons. The number of carbonyl (C=O) groups excluding carboxylic acids is 1. The summed E-state index contributed by atoms with van der Waals surface area (Å²) >= 11 is 0. The minimum atomic E-state index is -1.08. The molecule has 1 aromatic rings. The highest BCUT2D eigenvalue weighted by Gasteiger charge is 2.52. The minimum absolute atomic E-state index is 0.326. The Balaban J connectivity index is 2.19. The number of aliphatic carboxylic acids is 1. The lowest BCUT2D eigenvalue weighted by Crippen LogP contribution is -2.43. The number of aromatic nitrogens is 1. The van der Waals surface area contributed by atoms with E-state index in [1.807, 2.05) is 0 Å². The normalized spacial score (nSPS) is 16.9. The summed E-state index contributed by atoms with van der Waals surface area (Å²) in [6.45, 7) is 3.26. The van der Waals surface area contributed by atoms with Crippen molar-refractivity contribution >= 4 is 11.9 Å². The van der Waals surface area contributed by atoms with Crippen LogP contribution in [0.4, 0.5) is 0 Å². The molecule has 1 aromatic heterocycles. The van der Waals surface area contributed by atoms with E-state index in [1.54, 1.807) is 13.8 Å². The number of amides is 1. The van der Waals surface area contributed by atoms with Gasteiger partial charge in [0.1, 0.15) is 16.9 Å². The van der Waals surface area contributed by atoms with Gasteiger partial charge in [-0.2, -0.15) is 0 Å². The number of aryl methyl sites for hydroxylation is 2. The van der Waals surface area contributed by atoms with Crippen molar-refractivity contribution in [2.45, 2.75) is 32.2 Å². The van der Waals surface area contributed by atoms with Gasteiger partial charge in [0.05, 0.1) is 5.69 Å². The van der Waals surface area contributed by atoms with E-state index < -0.39 is 17.4 Å². The smallest absolute Gasteiger partial charge is 0.329 e. The molecule has 0 spiro atoms. The third kappa shape index (κ3) is 1.56. The predicted octanol–water partition coefficient (Wildman–Crippen LogP) is 0.638. The summed E-state index contributed by atoms with van der Waals surface area (Å²) < 4.78 is 4.85. The van der Waals surface area contributed by atoms with Crippen LogP contribution in [0.2, 0.25) is 0 Å². The average Bonchev–Trinajstić information content (AvgIpc) is 2.89. The number of carboxylic acid groups (broad SMARTS) is 1. The van der Waals surface area contributed by atoms with Gasteiger partial charge in [-0.05, 0) is 26.7 Å². The number of nitrogens with zero attached hydrogens (tertiary/aromatic N) is 1. The van der Waals surface area contributed by atoms with E-state index in [1.165, 1.54) is 0 Å². The standard InChI is InChI=1S/C10H12N2O4/c1-5-7(6(2)16-12-5)8(13)11-10(3-4-10)9(14)15/h3-4H2,1-2H3,(H,11,13)(H,14,15). The molecule has 1 amide bonds. The SMILES string of the molecule is Cc1noc(C)c1C(=O)NC1(C(=O)O)CC1. The molecule has 0 bridgehead atoms. The van der Waals surface area contributed by atoms with E-state index >= 15 is 0 Å². The first kappa shape index (κ1) is 10.7. The van der Waals surface area contributed by atoms with Gasteiger partial charge in [-0.15, -0.1) is 0 Å². The molecular weight excluding hydrogens is 212 g/mol. The highest BCUT2D eigenvalue weighted by atomic mass is 16.5. The van der Waals surface area contributed by atoms with Crippen molar-refractivity contribution in [2.24, 2.45) is 0 Å². The molecule has 2 rings (SSSR count). The van der Waals surface area contributed by atoms with Crippen LogP contribution < -0.4 is 5.32 Å². The van der Waals surface area contributed by atoms with Gasteiger partial charge in [-0.25, -0.2) is 4.79 Å². The van der Waals surface area contributed by atoms with Crippen LogP contribution in [-0.2, 0) is 4.79 Å². The molecule has 1 heterocycles. The lowest BCUT2D eigenvalue weighted by atomic mass is 10.1. The number of hydrogen-bond acceptors (Lipinski definition) is 4. The molecule has 0 saturated heterocycles. The van der Waals surface area contributed by atoms with E-state index in [4.69, 9.17) is 9.63 Å². The van der Waals surface area contributed by atoms with Crippen molar-refractivity contribution in [2.75, 3.05) is 0 Å². The third-order valence-electron chi connectivity index (χ3n) is 2.77. The van der Waals surface area contributed by atoms with Crippen LogP contribution in [0.25, 0.3) is 0 Å². The van der Waals surface area contributed by atoms with E-state index in [0.29, 0.717) is 29.9 Å². The first-order valence-corrected chi connectivity index (χ1v) is 4.95. The van der Waals surface area contributed by atoms with Crippen molar-refractivity contribution in [3.05, 3.63) is 17.0 Å². The van der Waals surface area contributed by atoms with Crippen LogP contribution in [0.3, 0.4) is 0 Å². The highest BCUT2D eigenvalue weighted by Crippen LogP contribution is 2.36. The highest BCUT2D eigenvalue weighted by molar-refractivity contribution is 6.00. The molecule has 0 aromatic carbocycles. The molecule has 86 valence electrons. The molecular formula is C10H12N2O4. The first-order valence-electron chi connectivity index (χ1n) is 4.95. The average molecular weight is 224 g/mol. The summed E-state index contributed by atoms with van der Waals surface area (Å²) in [6, 6.07) is 0. The van der Waals surface area contributed by atoms with Gasteiger partial charge in [0.2, 0.25) is 0 Å². The molecule has 16 heavy (non-hydrogen) atoms. The zero-order chi connectivity index (χ0) is 11.9. The second-order valence-electron chi connectivity index (χ2n) is 4.04. The van der Waals surface area contributed by atoms with Crippen molar-refractivity contribution < 1.29 is 19.2 Å². The van der Waals surface area contributed by atoms with Gasteiger partial charge in [-0.3, -0.25) is 4.79 Å². The van der Waals surface area contributed by atoms with Crippen molar-refractivity contribution in [3.63, 3.8) is 0 Å². The molecule has 1 saturated carbocycles. The van der Waals surface area contributed by atoms with Gasteiger partial charge in [0, 0.05) is 0 Å². The van der Waals surface area contributed by atoms with Gasteiger partial charge >= 0.3 is 5.97 Å². The maximum Gasteiger partial charge on any atom is 0.329 e. The minimum Gasteiger partial charge on any atom is -0.480 e. The van der Waals surface area contributed by atoms with E-state index in [2.05, 4.69) is 10.5 Å². The molecule has 1 aliphatic carbocycles. The van der Waals surface area contributed by atoms with Crippen LogP contribution in [-0.4, -0.2) is 27.7 Å². The fraction of sp³-hybridized carbons (Fsp3) is 0.500. The van der Waals surface area contributed by atoms with E-state index in [9.17, 15) is 9.59 Å². The maximum atomic E-state index is 11.8. The quantitative estimate of drug-likeness (QED) is 0.785. The Morgan fingerprint density at radius 1 is 1.44 bits per heavy atom. The lowest BCUT2D eigenvalue weighted by Gasteiger charge is -2.11. The van der Waals surface area contributed by atoms with Crippen LogP contribution in [0.1, 0.15) is 34.7 Å². The Labute approximate surface area is 91.6 Å². The van der Waals surface area contributed by atoms with Crippen molar-refractivity contribution in [1.82, 2.24) is 10.5 Å². The molecule has 2 N–H and O–H groups in total. The van der Waals surface area contributed by atoms with Gasteiger partial charge in [-0.1, -0.05) is 5.16 Å². The number of rotatable bonds is 3. The lowest BCUT2D eigenvalue weighted by molar-refractivity contribution is -0.140. The van der Waals surface area contributed by atoms with Crippen LogP contribution >= 0.6 is 0 Å². The number of nitrogens with one attached hydrogen (secondary N) is 1. The van der Waals surface area contributed by atoms with Crippen LogP contribution in [0.5, 0.6) is 0 Å². The largest absolute Gasteiger partial charge is 0.480 e. The second-order valence-corrected chi connectivity index (χ2v) is 4.04. The predicted molar refractivity (Wildman–Crippen MR) is 53.0 cm³/mol. The molecule has 6 nitrogen and oxygen atoms in total. The Bertz CT molecular complexity index is 440. The van der Waals surface area contributed by atoms with Gasteiger partial charge < -0.3 is 14.9 Å². The summed E-state index contributed by atoms with van der Waals surface area (Å²) in [6.07, 6.45) is 0.939. The summed E-state index contributed by atoms with van der Waals surface area (Å²) in [4.78, 5) is 22.7. The van der Waals surface area contributed by atoms with Crippen LogP contribution in [0.15, 0.2) is 4.52 Å². The fourth-order valence-corrected chi connectivity index (χ4v) is 1.60. The molecule has 0 unspecified atom stereocenters. The zero-order valence-electron chi connectivity index (χ0n) is 9.03. The zero-order valence-corrected chi connectivity index (χ0v) is 9.03. The first-order chi connectivity index (χ1) is 7.46. The third-order valence-corrected chi connectivity index (χ3v) is 2.77. The van der Waals surface area contributed by atoms with Crippen LogP contribution in [0, 0.1) is 13.8 Å². The Hall–Kier alpha value is -1.85. The topological polar surface area (TPSA) is 92.4 Å². The summed E-state index contributed by atoms with van der Waals surface area (Å²) in [7, 11) is 0. The number of hydrogen-bond donors (Lipinski definition) is 2.